The minimum absolute atomic E-state index is 0.354. The SMILES string of the molecule is Cc1ccc(S(=O)(=O)NCCCCCN2CCCCCC2)cc1. The Morgan fingerprint density at radius 1 is 0.957 bits per heavy atom. The van der Waals surface area contributed by atoms with Crippen molar-refractivity contribution in [3.63, 3.8) is 0 Å². The summed E-state index contributed by atoms with van der Waals surface area (Å²) in [7, 11) is -3.35. The van der Waals surface area contributed by atoms with Crippen molar-refractivity contribution in [1.82, 2.24) is 9.62 Å². The fourth-order valence-electron chi connectivity index (χ4n) is 3.00. The Kier molecular flexibility index (Phi) is 7.53. The van der Waals surface area contributed by atoms with Crippen molar-refractivity contribution in [2.75, 3.05) is 26.2 Å². The first kappa shape index (κ1) is 18.4. The second-order valence-corrected chi connectivity index (χ2v) is 8.29. The fourth-order valence-corrected chi connectivity index (χ4v) is 4.08. The summed E-state index contributed by atoms with van der Waals surface area (Å²) >= 11 is 0. The first-order valence-corrected chi connectivity index (χ1v) is 10.3. The van der Waals surface area contributed by atoms with E-state index in [1.54, 1.807) is 12.1 Å². The van der Waals surface area contributed by atoms with E-state index in [2.05, 4.69) is 9.62 Å². The van der Waals surface area contributed by atoms with Gasteiger partial charge in [0.2, 0.25) is 10.0 Å². The van der Waals surface area contributed by atoms with E-state index in [1.165, 1.54) is 38.8 Å². The lowest BCUT2D eigenvalue weighted by molar-refractivity contribution is 0.278. The van der Waals surface area contributed by atoms with Crippen LogP contribution in [0.25, 0.3) is 0 Å². The monoisotopic (exact) mass is 338 g/mol. The third-order valence-electron chi connectivity index (χ3n) is 4.47. The molecule has 1 heterocycles. The molecule has 1 saturated heterocycles. The van der Waals surface area contributed by atoms with Crippen molar-refractivity contribution in [3.05, 3.63) is 29.8 Å². The first-order chi connectivity index (χ1) is 11.1. The highest BCUT2D eigenvalue weighted by atomic mass is 32.2. The Morgan fingerprint density at radius 2 is 1.61 bits per heavy atom. The minimum Gasteiger partial charge on any atom is -0.303 e. The fraction of sp³-hybridized carbons (Fsp3) is 0.667. The van der Waals surface area contributed by atoms with Gasteiger partial charge in [-0.3, -0.25) is 0 Å². The van der Waals surface area contributed by atoms with Crippen molar-refractivity contribution in [1.29, 1.82) is 0 Å². The molecule has 0 amide bonds. The van der Waals surface area contributed by atoms with E-state index in [1.807, 2.05) is 19.1 Å². The van der Waals surface area contributed by atoms with Gasteiger partial charge >= 0.3 is 0 Å². The summed E-state index contributed by atoms with van der Waals surface area (Å²) in [6.07, 6.45) is 8.54. The van der Waals surface area contributed by atoms with Crippen LogP contribution in [0.5, 0.6) is 0 Å². The molecule has 0 aromatic heterocycles. The lowest BCUT2D eigenvalue weighted by Crippen LogP contribution is -2.26. The van der Waals surface area contributed by atoms with Crippen LogP contribution in [-0.2, 0) is 10.0 Å². The van der Waals surface area contributed by atoms with Gasteiger partial charge in [-0.15, -0.1) is 0 Å². The highest BCUT2D eigenvalue weighted by molar-refractivity contribution is 7.89. The maximum Gasteiger partial charge on any atom is 0.240 e. The van der Waals surface area contributed by atoms with Crippen LogP contribution in [0.2, 0.25) is 0 Å². The van der Waals surface area contributed by atoms with Crippen LogP contribution < -0.4 is 4.72 Å². The van der Waals surface area contributed by atoms with Gasteiger partial charge in [0.15, 0.2) is 0 Å². The van der Waals surface area contributed by atoms with Crippen molar-refractivity contribution in [2.45, 2.75) is 56.8 Å². The zero-order valence-corrected chi connectivity index (χ0v) is 15.1. The molecule has 1 fully saturated rings. The molecular weight excluding hydrogens is 308 g/mol. The average Bonchev–Trinajstić information content (AvgIpc) is 2.80. The lowest BCUT2D eigenvalue weighted by Gasteiger charge is -2.19. The lowest BCUT2D eigenvalue weighted by atomic mass is 10.2. The Morgan fingerprint density at radius 3 is 2.26 bits per heavy atom. The zero-order chi connectivity index (χ0) is 16.5. The molecule has 1 aliphatic heterocycles. The molecule has 0 aliphatic carbocycles. The van der Waals surface area contributed by atoms with Gasteiger partial charge in [-0.2, -0.15) is 0 Å². The summed E-state index contributed by atoms with van der Waals surface area (Å²) in [6, 6.07) is 6.99. The van der Waals surface area contributed by atoms with Crippen LogP contribution in [0.15, 0.2) is 29.2 Å². The van der Waals surface area contributed by atoms with Crippen LogP contribution >= 0.6 is 0 Å². The van der Waals surface area contributed by atoms with E-state index in [4.69, 9.17) is 0 Å². The molecule has 1 aromatic carbocycles. The molecular formula is C18H30N2O2S. The molecule has 0 spiro atoms. The minimum atomic E-state index is -3.35. The first-order valence-electron chi connectivity index (χ1n) is 8.87. The predicted molar refractivity (Wildman–Crippen MR) is 95.1 cm³/mol. The molecule has 1 aliphatic rings. The maximum absolute atomic E-state index is 12.1. The number of nitrogens with one attached hydrogen (secondary N) is 1. The Hall–Kier alpha value is -0.910. The van der Waals surface area contributed by atoms with Gasteiger partial charge < -0.3 is 4.90 Å². The molecule has 0 saturated carbocycles. The molecule has 1 N–H and O–H groups in total. The summed E-state index contributed by atoms with van der Waals surface area (Å²) < 4.78 is 27.0. The van der Waals surface area contributed by atoms with Crippen molar-refractivity contribution in [2.24, 2.45) is 0 Å². The summed E-state index contributed by atoms with van der Waals surface area (Å²) in [5.41, 5.74) is 1.07. The van der Waals surface area contributed by atoms with E-state index in [9.17, 15) is 8.42 Å². The molecule has 23 heavy (non-hydrogen) atoms. The Balaban J connectivity index is 1.62. The topological polar surface area (TPSA) is 49.4 Å². The molecule has 1 aromatic rings. The van der Waals surface area contributed by atoms with Crippen LogP contribution in [-0.4, -0.2) is 39.5 Å². The van der Waals surface area contributed by atoms with E-state index in [0.29, 0.717) is 11.4 Å². The third-order valence-corrected chi connectivity index (χ3v) is 5.95. The molecule has 0 unspecified atom stereocenters. The number of hydrogen-bond acceptors (Lipinski definition) is 3. The molecule has 4 nitrogen and oxygen atoms in total. The molecule has 2 rings (SSSR count). The number of likely N-dealkylation sites (tertiary alicyclic amines) is 1. The summed E-state index contributed by atoms with van der Waals surface area (Å²) in [6.45, 7) is 6.11. The number of benzene rings is 1. The molecule has 0 atom stereocenters. The largest absolute Gasteiger partial charge is 0.303 e. The zero-order valence-electron chi connectivity index (χ0n) is 14.3. The summed E-state index contributed by atoms with van der Waals surface area (Å²) in [5.74, 6) is 0. The van der Waals surface area contributed by atoms with Gasteiger partial charge in [0.05, 0.1) is 4.90 Å². The molecule has 5 heteroatoms. The maximum atomic E-state index is 12.1. The molecule has 0 bridgehead atoms. The van der Waals surface area contributed by atoms with Gasteiger partial charge in [0.1, 0.15) is 0 Å². The van der Waals surface area contributed by atoms with Crippen molar-refractivity contribution >= 4 is 10.0 Å². The van der Waals surface area contributed by atoms with E-state index < -0.39 is 10.0 Å². The Bertz CT molecular complexity index is 547. The van der Waals surface area contributed by atoms with Crippen molar-refractivity contribution < 1.29 is 8.42 Å². The van der Waals surface area contributed by atoms with Gasteiger partial charge in [-0.05, 0) is 64.4 Å². The van der Waals surface area contributed by atoms with E-state index in [-0.39, 0.29) is 0 Å². The van der Waals surface area contributed by atoms with Crippen LogP contribution in [0.1, 0.15) is 50.5 Å². The third kappa shape index (κ3) is 6.61. The van der Waals surface area contributed by atoms with Crippen LogP contribution in [0.4, 0.5) is 0 Å². The van der Waals surface area contributed by atoms with Gasteiger partial charge in [-0.25, -0.2) is 13.1 Å². The number of sulfonamides is 1. The number of nitrogens with zero attached hydrogens (tertiary/aromatic N) is 1. The van der Waals surface area contributed by atoms with Gasteiger partial charge in [-0.1, -0.05) is 37.0 Å². The van der Waals surface area contributed by atoms with E-state index >= 15 is 0 Å². The summed E-state index contributed by atoms with van der Waals surface area (Å²) in [5, 5.41) is 0. The number of rotatable bonds is 8. The smallest absolute Gasteiger partial charge is 0.240 e. The average molecular weight is 339 g/mol. The van der Waals surface area contributed by atoms with E-state index in [0.717, 1.165) is 31.4 Å². The standard InChI is InChI=1S/C18H30N2O2S/c1-17-9-11-18(12-10-17)23(21,22)19-13-5-4-8-16-20-14-6-2-3-7-15-20/h9-12,19H,2-8,13-16H2,1H3. The normalized spacial score (nSPS) is 17.1. The second-order valence-electron chi connectivity index (χ2n) is 6.53. The quantitative estimate of drug-likeness (QED) is 0.740. The van der Waals surface area contributed by atoms with Gasteiger partial charge in [0, 0.05) is 6.54 Å². The predicted octanol–water partition coefficient (Wildman–Crippen LogP) is 3.32. The number of aryl methyl sites for hydroxylation is 1. The Labute approximate surface area is 141 Å². The van der Waals surface area contributed by atoms with Crippen LogP contribution in [0.3, 0.4) is 0 Å². The highest BCUT2D eigenvalue weighted by Crippen LogP contribution is 2.12. The summed E-state index contributed by atoms with van der Waals surface area (Å²) in [4.78, 5) is 2.91. The highest BCUT2D eigenvalue weighted by Gasteiger charge is 2.12. The molecule has 0 radical (unpaired) electrons. The van der Waals surface area contributed by atoms with Crippen LogP contribution in [0, 0.1) is 6.92 Å². The van der Waals surface area contributed by atoms with Crippen molar-refractivity contribution in [3.8, 4) is 0 Å². The molecule has 130 valence electrons. The second kappa shape index (κ2) is 9.40. The van der Waals surface area contributed by atoms with Gasteiger partial charge in [0.25, 0.3) is 0 Å². The number of hydrogen-bond donors (Lipinski definition) is 1. The number of unbranched alkanes of at least 4 members (excludes halogenated alkanes) is 2.